The number of rotatable bonds is 5. The molecule has 0 saturated heterocycles. The summed E-state index contributed by atoms with van der Waals surface area (Å²) in [4.78, 5) is 23.7. The van der Waals surface area contributed by atoms with Crippen LogP contribution < -0.4 is 15.0 Å². The van der Waals surface area contributed by atoms with Crippen LogP contribution in [0.2, 0.25) is 0 Å². The molecule has 0 unspecified atom stereocenters. The monoisotopic (exact) mass is 388 g/mol. The lowest BCUT2D eigenvalue weighted by atomic mass is 10.0. The van der Waals surface area contributed by atoms with Crippen LogP contribution in [0.1, 0.15) is 36.3 Å². The van der Waals surface area contributed by atoms with Gasteiger partial charge < -0.3 is 15.0 Å². The number of hydrogen-bond donors (Lipinski definition) is 1. The molecule has 1 aliphatic rings. The number of carbonyl (C=O) groups excluding carboxylic acids is 1. The highest BCUT2D eigenvalue weighted by molar-refractivity contribution is 6.05. The minimum absolute atomic E-state index is 0.0472. The molecule has 1 aliphatic heterocycles. The molecule has 0 aliphatic carbocycles. The summed E-state index contributed by atoms with van der Waals surface area (Å²) in [5.74, 6) is 0.961. The van der Waals surface area contributed by atoms with Gasteiger partial charge >= 0.3 is 0 Å². The highest BCUT2D eigenvalue weighted by Gasteiger charge is 2.24. The van der Waals surface area contributed by atoms with E-state index in [0.29, 0.717) is 23.9 Å². The Morgan fingerprint density at radius 1 is 1.10 bits per heavy atom. The number of carbonyl (C=O) groups is 1. The molecular formula is C23H24N4O2. The summed E-state index contributed by atoms with van der Waals surface area (Å²) in [5, 5.41) is 3.18. The van der Waals surface area contributed by atoms with Crippen molar-refractivity contribution in [3.05, 3.63) is 72.1 Å². The third kappa shape index (κ3) is 4.21. The number of anilines is 3. The van der Waals surface area contributed by atoms with Gasteiger partial charge in [0, 0.05) is 18.4 Å². The Balaban J connectivity index is 1.58. The summed E-state index contributed by atoms with van der Waals surface area (Å²) in [6, 6.07) is 17.3. The third-order valence-corrected chi connectivity index (χ3v) is 4.73. The van der Waals surface area contributed by atoms with E-state index in [0.717, 1.165) is 24.2 Å². The minimum Gasteiger partial charge on any atom is -0.489 e. The van der Waals surface area contributed by atoms with Gasteiger partial charge in [0.05, 0.1) is 11.8 Å². The van der Waals surface area contributed by atoms with Gasteiger partial charge in [-0.2, -0.15) is 0 Å². The van der Waals surface area contributed by atoms with Crippen LogP contribution >= 0.6 is 0 Å². The van der Waals surface area contributed by atoms with Gasteiger partial charge in [0.15, 0.2) is 0 Å². The maximum atomic E-state index is 13.2. The lowest BCUT2D eigenvalue weighted by molar-refractivity contribution is 0.0980. The van der Waals surface area contributed by atoms with E-state index in [1.54, 1.807) is 17.2 Å². The fourth-order valence-electron chi connectivity index (χ4n) is 3.47. The number of aromatic nitrogens is 2. The lowest BCUT2D eigenvalue weighted by Crippen LogP contribution is -2.36. The van der Waals surface area contributed by atoms with Crippen molar-refractivity contribution in [1.29, 1.82) is 0 Å². The molecule has 1 N–H and O–H groups in total. The van der Waals surface area contributed by atoms with Gasteiger partial charge in [0.25, 0.3) is 5.91 Å². The molecule has 0 atom stereocenters. The number of nitrogens with zero attached hydrogens (tertiary/aromatic N) is 3. The first-order chi connectivity index (χ1) is 14.1. The normalized spacial score (nSPS) is 13.1. The van der Waals surface area contributed by atoms with Gasteiger partial charge in [-0.1, -0.05) is 30.3 Å². The summed E-state index contributed by atoms with van der Waals surface area (Å²) in [5.41, 5.74) is 3.28. The SMILES string of the molecule is CC(C)Oc1ccccc1Nc1nccc(C(=O)N2CCCc3ccccc32)n1. The van der Waals surface area contributed by atoms with Crippen LogP contribution in [0.15, 0.2) is 60.8 Å². The van der Waals surface area contributed by atoms with Crippen LogP contribution in [0.25, 0.3) is 0 Å². The number of nitrogens with one attached hydrogen (secondary N) is 1. The second-order valence-corrected chi connectivity index (χ2v) is 7.24. The van der Waals surface area contributed by atoms with Crippen LogP contribution in [0.4, 0.5) is 17.3 Å². The molecule has 0 radical (unpaired) electrons. The molecule has 4 rings (SSSR count). The van der Waals surface area contributed by atoms with Crippen molar-refractivity contribution in [2.45, 2.75) is 32.8 Å². The van der Waals surface area contributed by atoms with Gasteiger partial charge in [-0.25, -0.2) is 9.97 Å². The van der Waals surface area contributed by atoms with Crippen LogP contribution in [0.3, 0.4) is 0 Å². The average molecular weight is 388 g/mol. The molecule has 1 amide bonds. The van der Waals surface area contributed by atoms with Crippen LogP contribution in [-0.4, -0.2) is 28.5 Å². The smallest absolute Gasteiger partial charge is 0.277 e. The quantitative estimate of drug-likeness (QED) is 0.692. The van der Waals surface area contributed by atoms with Crippen molar-refractivity contribution >= 4 is 23.2 Å². The van der Waals surface area contributed by atoms with Crippen molar-refractivity contribution in [3.8, 4) is 5.75 Å². The number of fused-ring (bicyclic) bond motifs is 1. The van der Waals surface area contributed by atoms with Gasteiger partial charge in [-0.05, 0) is 56.5 Å². The molecule has 0 bridgehead atoms. The van der Waals surface area contributed by atoms with Crippen molar-refractivity contribution in [3.63, 3.8) is 0 Å². The van der Waals surface area contributed by atoms with Gasteiger partial charge in [-0.15, -0.1) is 0 Å². The minimum atomic E-state index is -0.116. The molecule has 148 valence electrons. The summed E-state index contributed by atoms with van der Waals surface area (Å²) >= 11 is 0. The van der Waals surface area contributed by atoms with E-state index in [9.17, 15) is 4.79 Å². The predicted molar refractivity (Wildman–Crippen MR) is 114 cm³/mol. The predicted octanol–water partition coefficient (Wildman–Crippen LogP) is 4.60. The zero-order valence-corrected chi connectivity index (χ0v) is 16.6. The summed E-state index contributed by atoms with van der Waals surface area (Å²) in [6.45, 7) is 4.64. The van der Waals surface area contributed by atoms with Crippen molar-refractivity contribution in [1.82, 2.24) is 9.97 Å². The van der Waals surface area contributed by atoms with Crippen molar-refractivity contribution in [2.75, 3.05) is 16.8 Å². The maximum absolute atomic E-state index is 13.2. The molecule has 0 saturated carbocycles. The van der Waals surface area contributed by atoms with Crippen molar-refractivity contribution < 1.29 is 9.53 Å². The molecule has 0 spiro atoms. The largest absolute Gasteiger partial charge is 0.489 e. The Bertz CT molecular complexity index is 1020. The number of amides is 1. The summed E-state index contributed by atoms with van der Waals surface area (Å²) < 4.78 is 5.84. The Morgan fingerprint density at radius 2 is 1.90 bits per heavy atom. The second-order valence-electron chi connectivity index (χ2n) is 7.24. The number of benzene rings is 2. The fourth-order valence-corrected chi connectivity index (χ4v) is 3.47. The van der Waals surface area contributed by atoms with Crippen LogP contribution in [-0.2, 0) is 6.42 Å². The molecule has 3 aromatic rings. The Hall–Kier alpha value is -3.41. The first-order valence-electron chi connectivity index (χ1n) is 9.87. The van der Waals surface area contributed by atoms with Crippen LogP contribution in [0.5, 0.6) is 5.75 Å². The highest BCUT2D eigenvalue weighted by atomic mass is 16.5. The molecule has 6 heteroatoms. The van der Waals surface area contributed by atoms with Gasteiger partial charge in [0.1, 0.15) is 11.4 Å². The first kappa shape index (κ1) is 18.9. The molecule has 29 heavy (non-hydrogen) atoms. The molecule has 2 aromatic carbocycles. The number of ether oxygens (including phenoxy) is 1. The van der Waals surface area contributed by atoms with E-state index >= 15 is 0 Å². The number of aryl methyl sites for hydroxylation is 1. The van der Waals surface area contributed by atoms with E-state index in [1.165, 1.54) is 5.56 Å². The molecule has 1 aromatic heterocycles. The van der Waals surface area contributed by atoms with Crippen LogP contribution in [0, 0.1) is 0 Å². The highest BCUT2D eigenvalue weighted by Crippen LogP contribution is 2.29. The molecule has 6 nitrogen and oxygen atoms in total. The fraction of sp³-hybridized carbons (Fsp3) is 0.261. The molecule has 2 heterocycles. The van der Waals surface area contributed by atoms with E-state index in [2.05, 4.69) is 21.4 Å². The number of para-hydroxylation sites is 3. The molecular weight excluding hydrogens is 364 g/mol. The van der Waals surface area contributed by atoms with E-state index in [1.807, 2.05) is 56.3 Å². The zero-order valence-electron chi connectivity index (χ0n) is 16.6. The first-order valence-corrected chi connectivity index (χ1v) is 9.87. The summed E-state index contributed by atoms with van der Waals surface area (Å²) in [6.07, 6.45) is 3.58. The van der Waals surface area contributed by atoms with Gasteiger partial charge in [0.2, 0.25) is 5.95 Å². The Morgan fingerprint density at radius 3 is 2.76 bits per heavy atom. The van der Waals surface area contributed by atoms with E-state index in [4.69, 9.17) is 4.74 Å². The lowest BCUT2D eigenvalue weighted by Gasteiger charge is -2.29. The standard InChI is InChI=1S/C23H24N4O2/c1-16(2)29-21-12-6-4-10-18(21)25-23-24-14-13-19(26-23)22(28)27-15-7-9-17-8-3-5-11-20(17)27/h3-6,8,10-14,16H,7,9,15H2,1-2H3,(H,24,25,26). The average Bonchev–Trinajstić information content (AvgIpc) is 2.74. The topological polar surface area (TPSA) is 67.3 Å². The van der Waals surface area contributed by atoms with Gasteiger partial charge in [-0.3, -0.25) is 4.79 Å². The third-order valence-electron chi connectivity index (χ3n) is 4.73. The maximum Gasteiger partial charge on any atom is 0.277 e. The zero-order chi connectivity index (χ0) is 20.2. The Kier molecular flexibility index (Phi) is 5.42. The summed E-state index contributed by atoms with van der Waals surface area (Å²) in [7, 11) is 0. The van der Waals surface area contributed by atoms with E-state index in [-0.39, 0.29) is 12.0 Å². The molecule has 0 fully saturated rings. The Labute approximate surface area is 170 Å². The second kappa shape index (κ2) is 8.31. The number of hydrogen-bond acceptors (Lipinski definition) is 5. The van der Waals surface area contributed by atoms with E-state index < -0.39 is 0 Å². The van der Waals surface area contributed by atoms with Crippen molar-refractivity contribution in [2.24, 2.45) is 0 Å².